The van der Waals surface area contributed by atoms with Gasteiger partial charge in [0.2, 0.25) is 5.25 Å². The minimum atomic E-state index is -1.02. The summed E-state index contributed by atoms with van der Waals surface area (Å²) in [6.45, 7) is 4.39. The number of rotatable bonds is 8. The standard InChI is InChI=1S/C10H18O2S2/c1-8(2)6-4-3-5-7-9(14-13)10(11)12/h8-9H,3-7H2,1-2H3. The molecule has 0 aromatic rings. The molecule has 1 atom stereocenters. The van der Waals surface area contributed by atoms with Crippen molar-refractivity contribution in [3.63, 3.8) is 0 Å². The molecule has 0 saturated heterocycles. The molecule has 0 radical (unpaired) electrons. The van der Waals surface area contributed by atoms with Gasteiger partial charge in [0.15, 0.2) is 0 Å². The van der Waals surface area contributed by atoms with E-state index < -0.39 is 11.2 Å². The molecule has 0 saturated carbocycles. The predicted octanol–water partition coefficient (Wildman–Crippen LogP) is 1.26. The first-order valence-corrected chi connectivity index (χ1v) is 6.88. The van der Waals surface area contributed by atoms with Crippen molar-refractivity contribution in [3.8, 4) is 0 Å². The Morgan fingerprint density at radius 3 is 2.29 bits per heavy atom. The van der Waals surface area contributed by atoms with Crippen molar-refractivity contribution >= 4 is 27.5 Å². The molecule has 0 bridgehead atoms. The van der Waals surface area contributed by atoms with E-state index in [0.29, 0.717) is 6.42 Å². The van der Waals surface area contributed by atoms with Crippen LogP contribution in [0.3, 0.4) is 0 Å². The third-order valence-corrected chi connectivity index (χ3v) is 3.48. The highest BCUT2D eigenvalue weighted by molar-refractivity contribution is 8.18. The van der Waals surface area contributed by atoms with Crippen LogP contribution in [0.15, 0.2) is 0 Å². The van der Waals surface area contributed by atoms with E-state index in [1.807, 2.05) is 0 Å². The van der Waals surface area contributed by atoms with E-state index in [-0.39, 0.29) is 0 Å². The highest BCUT2D eigenvalue weighted by atomic mass is 32.8. The molecule has 0 aliphatic carbocycles. The fraction of sp³-hybridized carbons (Fsp3) is 0.900. The molecule has 2 nitrogen and oxygen atoms in total. The summed E-state index contributed by atoms with van der Waals surface area (Å²) >= 11 is 4.67. The Hall–Kier alpha value is -0.0900. The molecule has 4 heteroatoms. The van der Waals surface area contributed by atoms with Crippen LogP contribution in [0.2, 0.25) is 0 Å². The van der Waals surface area contributed by atoms with Gasteiger partial charge in [0.05, 0.1) is 0 Å². The van der Waals surface area contributed by atoms with Crippen molar-refractivity contribution in [2.24, 2.45) is 5.92 Å². The molecule has 0 aliphatic rings. The van der Waals surface area contributed by atoms with Crippen LogP contribution in [0.5, 0.6) is 0 Å². The van der Waals surface area contributed by atoms with Crippen LogP contribution < -0.4 is 5.11 Å². The molecule has 0 aromatic carbocycles. The first kappa shape index (κ1) is 13.9. The first-order valence-electron chi connectivity index (χ1n) is 5.07. The number of carbonyl (C=O) groups is 1. The third kappa shape index (κ3) is 7.33. The Labute approximate surface area is 94.7 Å². The maximum Gasteiger partial charge on any atom is 0.280 e. The summed E-state index contributed by atoms with van der Waals surface area (Å²) in [5, 5.41) is 10.0. The largest absolute Gasteiger partial charge is 0.544 e. The maximum absolute atomic E-state index is 10.5. The SMILES string of the molecule is CC(C)CCCCCC([S+]=S)C(=O)[O-]. The quantitative estimate of drug-likeness (QED) is 0.469. The minimum absolute atomic E-state index is 0.496. The molecular formula is C10H18O2S2. The van der Waals surface area contributed by atoms with Gasteiger partial charge < -0.3 is 9.90 Å². The van der Waals surface area contributed by atoms with Gasteiger partial charge in [0, 0.05) is 6.42 Å². The summed E-state index contributed by atoms with van der Waals surface area (Å²) < 4.78 is 0. The highest BCUT2D eigenvalue weighted by Crippen LogP contribution is 2.11. The molecule has 1 unspecified atom stereocenters. The second-order valence-corrected chi connectivity index (χ2v) is 5.27. The number of carboxylic acid groups (broad SMARTS) is 1. The van der Waals surface area contributed by atoms with Crippen molar-refractivity contribution < 1.29 is 9.90 Å². The molecule has 0 N–H and O–H groups in total. The van der Waals surface area contributed by atoms with Crippen molar-refractivity contribution in [2.45, 2.75) is 51.2 Å². The monoisotopic (exact) mass is 234 g/mol. The van der Waals surface area contributed by atoms with Crippen LogP contribution in [0.4, 0.5) is 0 Å². The average molecular weight is 234 g/mol. The van der Waals surface area contributed by atoms with E-state index in [4.69, 9.17) is 0 Å². The zero-order valence-electron chi connectivity index (χ0n) is 8.82. The number of unbranched alkanes of at least 4 members (excludes halogenated alkanes) is 2. The van der Waals surface area contributed by atoms with Gasteiger partial charge in [-0.05, 0) is 12.3 Å². The van der Waals surface area contributed by atoms with Crippen LogP contribution in [0.25, 0.3) is 0 Å². The lowest BCUT2D eigenvalue weighted by molar-refractivity contribution is -0.304. The molecule has 0 heterocycles. The van der Waals surface area contributed by atoms with Crippen LogP contribution >= 0.6 is 0 Å². The van der Waals surface area contributed by atoms with Crippen LogP contribution in [0, 0.1) is 5.92 Å². The normalized spacial score (nSPS) is 12.8. The summed E-state index contributed by atoms with van der Waals surface area (Å²) in [6, 6.07) is 0. The van der Waals surface area contributed by atoms with E-state index in [0.717, 1.165) is 29.1 Å². The van der Waals surface area contributed by atoms with Crippen molar-refractivity contribution in [3.05, 3.63) is 0 Å². The summed E-state index contributed by atoms with van der Waals surface area (Å²) in [7, 11) is 0.964. The van der Waals surface area contributed by atoms with Crippen molar-refractivity contribution in [1.29, 1.82) is 0 Å². The molecule has 0 amide bonds. The topological polar surface area (TPSA) is 40.1 Å². The lowest BCUT2D eigenvalue weighted by Gasteiger charge is -2.05. The molecule has 82 valence electrons. The first-order chi connectivity index (χ1) is 6.57. The van der Waals surface area contributed by atoms with Crippen LogP contribution in [0.1, 0.15) is 46.0 Å². The van der Waals surface area contributed by atoms with Gasteiger partial charge in [-0.3, -0.25) is 0 Å². The molecule has 14 heavy (non-hydrogen) atoms. The second-order valence-electron chi connectivity index (χ2n) is 3.94. The Bertz CT molecular complexity index is 181. The van der Waals surface area contributed by atoms with Gasteiger partial charge in [-0.25, -0.2) is 0 Å². The fourth-order valence-corrected chi connectivity index (χ4v) is 2.13. The smallest absolute Gasteiger partial charge is 0.280 e. The van der Waals surface area contributed by atoms with Gasteiger partial charge in [0.25, 0.3) is 21.5 Å². The van der Waals surface area contributed by atoms with E-state index in [9.17, 15) is 9.90 Å². The van der Waals surface area contributed by atoms with E-state index in [1.165, 1.54) is 12.8 Å². The predicted molar refractivity (Wildman–Crippen MR) is 61.4 cm³/mol. The zero-order valence-corrected chi connectivity index (χ0v) is 10.5. The Morgan fingerprint density at radius 2 is 1.86 bits per heavy atom. The molecule has 0 rings (SSSR count). The molecule has 0 fully saturated rings. The van der Waals surface area contributed by atoms with Gasteiger partial charge in [-0.15, -0.1) is 0 Å². The highest BCUT2D eigenvalue weighted by Gasteiger charge is 2.18. The van der Waals surface area contributed by atoms with E-state index in [1.54, 1.807) is 0 Å². The van der Waals surface area contributed by atoms with E-state index in [2.05, 4.69) is 25.0 Å². The number of hydrogen-bond acceptors (Lipinski definition) is 3. The number of carboxylic acids is 1. The Balaban J connectivity index is 3.43. The van der Waals surface area contributed by atoms with Crippen molar-refractivity contribution in [1.82, 2.24) is 0 Å². The minimum Gasteiger partial charge on any atom is -0.544 e. The van der Waals surface area contributed by atoms with Crippen LogP contribution in [-0.2, 0) is 26.3 Å². The summed E-state index contributed by atoms with van der Waals surface area (Å²) in [5.41, 5.74) is 0. The third-order valence-electron chi connectivity index (χ3n) is 2.13. The number of hydrogen-bond donors (Lipinski definition) is 0. The molecule has 0 spiro atoms. The summed E-state index contributed by atoms with van der Waals surface area (Å²) in [4.78, 5) is 10.5. The lowest BCUT2D eigenvalue weighted by Crippen LogP contribution is -2.34. The van der Waals surface area contributed by atoms with Gasteiger partial charge in [-0.1, -0.05) is 33.1 Å². The Kier molecular flexibility index (Phi) is 8.18. The molecular weight excluding hydrogens is 216 g/mol. The maximum atomic E-state index is 10.5. The Morgan fingerprint density at radius 1 is 1.29 bits per heavy atom. The lowest BCUT2D eigenvalue weighted by atomic mass is 10.0. The summed E-state index contributed by atoms with van der Waals surface area (Å²) in [6.07, 6.45) is 5.08. The van der Waals surface area contributed by atoms with Gasteiger partial charge in [0.1, 0.15) is 5.97 Å². The number of aliphatic carboxylic acids is 1. The zero-order chi connectivity index (χ0) is 11.0. The summed E-state index contributed by atoms with van der Waals surface area (Å²) in [5.74, 6) is -0.283. The average Bonchev–Trinajstić information content (AvgIpc) is 2.10. The van der Waals surface area contributed by atoms with Gasteiger partial charge >= 0.3 is 0 Å². The van der Waals surface area contributed by atoms with E-state index >= 15 is 0 Å². The molecule has 0 aromatic heterocycles. The number of carbonyl (C=O) groups excluding carboxylic acids is 1. The van der Waals surface area contributed by atoms with Crippen molar-refractivity contribution in [2.75, 3.05) is 0 Å². The fourth-order valence-electron chi connectivity index (χ4n) is 1.26. The van der Waals surface area contributed by atoms with Gasteiger partial charge in [-0.2, -0.15) is 0 Å². The second kappa shape index (κ2) is 8.24. The molecule has 0 aliphatic heterocycles. The van der Waals surface area contributed by atoms with Crippen LogP contribution in [-0.4, -0.2) is 11.2 Å².